The van der Waals surface area contributed by atoms with Crippen molar-refractivity contribution in [2.45, 2.75) is 43.7 Å². The lowest BCUT2D eigenvalue weighted by Crippen LogP contribution is -2.25. The first-order valence-electron chi connectivity index (χ1n) is 6.44. The van der Waals surface area contributed by atoms with Crippen molar-refractivity contribution < 1.29 is 8.42 Å². The van der Waals surface area contributed by atoms with Gasteiger partial charge in [-0.2, -0.15) is 0 Å². The third kappa shape index (κ3) is 3.80. The van der Waals surface area contributed by atoms with Gasteiger partial charge in [0, 0.05) is 12.6 Å². The lowest BCUT2D eigenvalue weighted by molar-refractivity contribution is 0.581. The van der Waals surface area contributed by atoms with Gasteiger partial charge in [0.05, 0.1) is 4.90 Å². The first-order chi connectivity index (χ1) is 8.62. The molecule has 1 fully saturated rings. The van der Waals surface area contributed by atoms with E-state index in [4.69, 9.17) is 0 Å². The summed E-state index contributed by atoms with van der Waals surface area (Å²) in [5.41, 5.74) is 1.11. The zero-order chi connectivity index (χ0) is 13.0. The summed E-state index contributed by atoms with van der Waals surface area (Å²) in [4.78, 5) is 0.355. The van der Waals surface area contributed by atoms with Crippen molar-refractivity contribution in [3.63, 3.8) is 0 Å². The average Bonchev–Trinajstić information content (AvgIpc) is 3.13. The highest BCUT2D eigenvalue weighted by Gasteiger charge is 2.27. The Morgan fingerprint density at radius 2 is 1.89 bits per heavy atom. The molecule has 1 aromatic rings. The summed E-state index contributed by atoms with van der Waals surface area (Å²) in [7, 11) is -3.31. The van der Waals surface area contributed by atoms with Crippen molar-refractivity contribution in [2.75, 3.05) is 6.54 Å². The van der Waals surface area contributed by atoms with Crippen molar-refractivity contribution in [1.82, 2.24) is 10.0 Å². The van der Waals surface area contributed by atoms with E-state index in [9.17, 15) is 8.42 Å². The molecule has 0 aromatic heterocycles. The molecule has 100 valence electrons. The van der Waals surface area contributed by atoms with Crippen LogP contribution in [0.1, 0.15) is 31.7 Å². The molecule has 0 unspecified atom stereocenters. The molecule has 1 aliphatic rings. The molecule has 0 radical (unpaired) electrons. The van der Waals surface area contributed by atoms with E-state index in [0.717, 1.165) is 37.9 Å². The molecule has 0 amide bonds. The molecule has 5 heteroatoms. The maximum atomic E-state index is 11.9. The van der Waals surface area contributed by atoms with Crippen molar-refractivity contribution in [1.29, 1.82) is 0 Å². The van der Waals surface area contributed by atoms with Gasteiger partial charge in [0.2, 0.25) is 10.0 Å². The molecule has 0 heterocycles. The summed E-state index contributed by atoms with van der Waals surface area (Å²) in [5.74, 6) is 0. The van der Waals surface area contributed by atoms with Gasteiger partial charge in [-0.1, -0.05) is 19.1 Å². The minimum atomic E-state index is -3.31. The fourth-order valence-corrected chi connectivity index (χ4v) is 2.99. The van der Waals surface area contributed by atoms with Crippen LogP contribution in [0.15, 0.2) is 29.2 Å². The molecule has 0 saturated heterocycles. The van der Waals surface area contributed by atoms with Crippen molar-refractivity contribution in [2.24, 2.45) is 0 Å². The van der Waals surface area contributed by atoms with Crippen LogP contribution in [0.4, 0.5) is 0 Å². The Morgan fingerprint density at radius 1 is 1.22 bits per heavy atom. The maximum Gasteiger partial charge on any atom is 0.240 e. The van der Waals surface area contributed by atoms with E-state index in [2.05, 4.69) is 17.0 Å². The monoisotopic (exact) mass is 268 g/mol. The van der Waals surface area contributed by atoms with E-state index >= 15 is 0 Å². The largest absolute Gasteiger partial charge is 0.313 e. The number of rotatable bonds is 7. The summed E-state index contributed by atoms with van der Waals surface area (Å²) in [5, 5.41) is 3.29. The molecular weight excluding hydrogens is 248 g/mol. The molecule has 1 aromatic carbocycles. The van der Waals surface area contributed by atoms with Crippen LogP contribution in [0.25, 0.3) is 0 Å². The SMILES string of the molecule is CCCNCc1ccc(S(=O)(=O)NC2CC2)cc1. The average molecular weight is 268 g/mol. The van der Waals surface area contributed by atoms with Crippen LogP contribution < -0.4 is 10.0 Å². The summed E-state index contributed by atoms with van der Waals surface area (Å²) < 4.78 is 26.5. The van der Waals surface area contributed by atoms with Crippen LogP contribution in [0, 0.1) is 0 Å². The van der Waals surface area contributed by atoms with Crippen molar-refractivity contribution in [3.8, 4) is 0 Å². The van der Waals surface area contributed by atoms with E-state index < -0.39 is 10.0 Å². The Balaban J connectivity index is 1.97. The number of benzene rings is 1. The first kappa shape index (κ1) is 13.5. The highest BCUT2D eigenvalue weighted by atomic mass is 32.2. The highest BCUT2D eigenvalue weighted by molar-refractivity contribution is 7.89. The van der Waals surface area contributed by atoms with Gasteiger partial charge < -0.3 is 5.32 Å². The standard InChI is InChI=1S/C13H20N2O2S/c1-2-9-14-10-11-3-7-13(8-4-11)18(16,17)15-12-5-6-12/h3-4,7-8,12,14-15H,2,5-6,9-10H2,1H3. The molecule has 0 aliphatic heterocycles. The van der Waals surface area contributed by atoms with Gasteiger partial charge in [-0.25, -0.2) is 13.1 Å². The quantitative estimate of drug-likeness (QED) is 0.739. The maximum absolute atomic E-state index is 11.9. The van der Waals surface area contributed by atoms with Gasteiger partial charge >= 0.3 is 0 Å². The summed E-state index contributed by atoms with van der Waals surface area (Å²) in [6.45, 7) is 3.87. The van der Waals surface area contributed by atoms with Gasteiger partial charge in [0.15, 0.2) is 0 Å². The fraction of sp³-hybridized carbons (Fsp3) is 0.538. The van der Waals surface area contributed by atoms with Crippen LogP contribution in [0.5, 0.6) is 0 Å². The molecule has 2 N–H and O–H groups in total. The third-order valence-electron chi connectivity index (χ3n) is 2.89. The Hall–Kier alpha value is -0.910. The van der Waals surface area contributed by atoms with Gasteiger partial charge in [0.25, 0.3) is 0 Å². The Morgan fingerprint density at radius 3 is 2.44 bits per heavy atom. The Bertz CT molecular complexity index is 478. The van der Waals surface area contributed by atoms with E-state index in [1.807, 2.05) is 12.1 Å². The van der Waals surface area contributed by atoms with Gasteiger partial charge in [-0.3, -0.25) is 0 Å². The zero-order valence-corrected chi connectivity index (χ0v) is 11.5. The summed E-state index contributed by atoms with van der Waals surface area (Å²) in [6.07, 6.45) is 3.01. The molecule has 1 saturated carbocycles. The van der Waals surface area contributed by atoms with E-state index in [0.29, 0.717) is 4.90 Å². The zero-order valence-electron chi connectivity index (χ0n) is 10.6. The van der Waals surface area contributed by atoms with Crippen LogP contribution in [-0.2, 0) is 16.6 Å². The predicted octanol–water partition coefficient (Wildman–Crippen LogP) is 1.63. The Labute approximate surface area is 109 Å². The van der Waals surface area contributed by atoms with Gasteiger partial charge in [-0.05, 0) is 43.5 Å². The van der Waals surface area contributed by atoms with Crippen LogP contribution in [0.2, 0.25) is 0 Å². The predicted molar refractivity (Wildman–Crippen MR) is 71.8 cm³/mol. The number of nitrogens with one attached hydrogen (secondary N) is 2. The fourth-order valence-electron chi connectivity index (χ4n) is 1.68. The highest BCUT2D eigenvalue weighted by Crippen LogP contribution is 2.22. The molecule has 1 aliphatic carbocycles. The summed E-state index contributed by atoms with van der Waals surface area (Å²) >= 11 is 0. The molecule has 4 nitrogen and oxygen atoms in total. The minimum absolute atomic E-state index is 0.154. The lowest BCUT2D eigenvalue weighted by atomic mass is 10.2. The van der Waals surface area contributed by atoms with Crippen LogP contribution in [-0.4, -0.2) is 21.0 Å². The normalized spacial score (nSPS) is 15.8. The first-order valence-corrected chi connectivity index (χ1v) is 7.92. The molecule has 0 bridgehead atoms. The van der Waals surface area contributed by atoms with Crippen LogP contribution >= 0.6 is 0 Å². The molecule has 2 rings (SSSR count). The molecule has 18 heavy (non-hydrogen) atoms. The van der Waals surface area contributed by atoms with Crippen molar-refractivity contribution >= 4 is 10.0 Å². The smallest absolute Gasteiger partial charge is 0.240 e. The number of hydrogen-bond acceptors (Lipinski definition) is 3. The van der Waals surface area contributed by atoms with E-state index in [1.165, 1.54) is 0 Å². The second-order valence-corrected chi connectivity index (χ2v) is 6.43. The third-order valence-corrected chi connectivity index (χ3v) is 4.43. The molecular formula is C13H20N2O2S. The van der Waals surface area contributed by atoms with Gasteiger partial charge in [0.1, 0.15) is 0 Å². The second kappa shape index (κ2) is 5.82. The molecule has 0 atom stereocenters. The summed E-state index contributed by atoms with van der Waals surface area (Å²) in [6, 6.07) is 7.23. The van der Waals surface area contributed by atoms with E-state index in [-0.39, 0.29) is 6.04 Å². The molecule has 0 spiro atoms. The lowest BCUT2D eigenvalue weighted by Gasteiger charge is -2.07. The van der Waals surface area contributed by atoms with Crippen molar-refractivity contribution in [3.05, 3.63) is 29.8 Å². The second-order valence-electron chi connectivity index (χ2n) is 4.72. The van der Waals surface area contributed by atoms with E-state index in [1.54, 1.807) is 12.1 Å². The Kier molecular flexibility index (Phi) is 4.37. The van der Waals surface area contributed by atoms with Gasteiger partial charge in [-0.15, -0.1) is 0 Å². The minimum Gasteiger partial charge on any atom is -0.313 e. The number of sulfonamides is 1. The topological polar surface area (TPSA) is 58.2 Å². The number of hydrogen-bond donors (Lipinski definition) is 2. The van der Waals surface area contributed by atoms with Crippen LogP contribution in [0.3, 0.4) is 0 Å².